The van der Waals surface area contributed by atoms with E-state index in [1.807, 2.05) is 0 Å². The molecule has 0 amide bonds. The molecule has 2 aliphatic rings. The van der Waals surface area contributed by atoms with Crippen molar-refractivity contribution in [1.82, 2.24) is 5.32 Å². The molecule has 1 N–H and O–H groups in total. The highest BCUT2D eigenvalue weighted by molar-refractivity contribution is 5.58. The van der Waals surface area contributed by atoms with E-state index in [4.69, 9.17) is 0 Å². The van der Waals surface area contributed by atoms with Crippen LogP contribution in [0.2, 0.25) is 0 Å². The van der Waals surface area contributed by atoms with Gasteiger partial charge in [0.05, 0.1) is 6.04 Å². The SMILES string of the molecule is O=CC1CC2CCCCC2N1. The van der Waals surface area contributed by atoms with Crippen molar-refractivity contribution in [1.29, 1.82) is 0 Å². The highest BCUT2D eigenvalue weighted by atomic mass is 16.1. The van der Waals surface area contributed by atoms with Gasteiger partial charge in [-0.1, -0.05) is 12.8 Å². The minimum Gasteiger partial charge on any atom is -0.305 e. The Labute approximate surface area is 67.4 Å². The fourth-order valence-corrected chi connectivity index (χ4v) is 2.47. The van der Waals surface area contributed by atoms with Crippen LogP contribution in [0.1, 0.15) is 32.1 Å². The van der Waals surface area contributed by atoms with Crippen molar-refractivity contribution in [3.05, 3.63) is 0 Å². The first-order valence-electron chi connectivity index (χ1n) is 4.61. The molecule has 1 saturated heterocycles. The summed E-state index contributed by atoms with van der Waals surface area (Å²) >= 11 is 0. The zero-order valence-corrected chi connectivity index (χ0v) is 6.75. The molecule has 0 spiro atoms. The van der Waals surface area contributed by atoms with Gasteiger partial charge < -0.3 is 10.1 Å². The second-order valence-electron chi connectivity index (χ2n) is 3.80. The van der Waals surface area contributed by atoms with Crippen molar-refractivity contribution >= 4 is 6.29 Å². The lowest BCUT2D eigenvalue weighted by Crippen LogP contribution is -2.33. The fraction of sp³-hybridized carbons (Fsp3) is 0.889. The van der Waals surface area contributed by atoms with Crippen LogP contribution < -0.4 is 5.32 Å². The highest BCUT2D eigenvalue weighted by Crippen LogP contribution is 2.32. The summed E-state index contributed by atoms with van der Waals surface area (Å²) in [6, 6.07) is 0.835. The molecule has 0 bridgehead atoms. The monoisotopic (exact) mass is 153 g/mol. The Balaban J connectivity index is 1.97. The van der Waals surface area contributed by atoms with Crippen LogP contribution in [0.3, 0.4) is 0 Å². The molecule has 0 radical (unpaired) electrons. The number of carbonyl (C=O) groups excluding carboxylic acids is 1. The third kappa shape index (κ3) is 1.32. The van der Waals surface area contributed by atoms with Gasteiger partial charge in [-0.05, 0) is 25.2 Å². The number of nitrogens with one attached hydrogen (secondary N) is 1. The maximum atomic E-state index is 10.5. The van der Waals surface area contributed by atoms with Crippen LogP contribution in [0.4, 0.5) is 0 Å². The van der Waals surface area contributed by atoms with Crippen molar-refractivity contribution in [3.63, 3.8) is 0 Å². The molecule has 3 unspecified atom stereocenters. The van der Waals surface area contributed by atoms with Crippen LogP contribution in [0.5, 0.6) is 0 Å². The Morgan fingerprint density at radius 3 is 2.82 bits per heavy atom. The second-order valence-corrected chi connectivity index (χ2v) is 3.80. The molecule has 2 rings (SSSR count). The summed E-state index contributed by atoms with van der Waals surface area (Å²) in [5.41, 5.74) is 0. The molecule has 0 aromatic carbocycles. The summed E-state index contributed by atoms with van der Waals surface area (Å²) in [7, 11) is 0. The first-order chi connectivity index (χ1) is 5.40. The van der Waals surface area contributed by atoms with E-state index in [1.54, 1.807) is 0 Å². The van der Waals surface area contributed by atoms with Gasteiger partial charge in [-0.15, -0.1) is 0 Å². The zero-order valence-electron chi connectivity index (χ0n) is 6.75. The van der Waals surface area contributed by atoms with Crippen LogP contribution in [0.15, 0.2) is 0 Å². The number of hydrogen-bond acceptors (Lipinski definition) is 2. The maximum Gasteiger partial charge on any atom is 0.136 e. The van der Waals surface area contributed by atoms with E-state index in [2.05, 4.69) is 5.32 Å². The fourth-order valence-electron chi connectivity index (χ4n) is 2.47. The average molecular weight is 153 g/mol. The zero-order chi connectivity index (χ0) is 7.68. The predicted molar refractivity (Wildman–Crippen MR) is 43.4 cm³/mol. The summed E-state index contributed by atoms with van der Waals surface area (Å²) in [6.45, 7) is 0. The Morgan fingerprint density at radius 2 is 2.09 bits per heavy atom. The van der Waals surface area contributed by atoms with Crippen molar-refractivity contribution in [3.8, 4) is 0 Å². The molecule has 1 heterocycles. The summed E-state index contributed by atoms with van der Waals surface area (Å²) in [5.74, 6) is 0.805. The molecule has 2 nitrogen and oxygen atoms in total. The highest BCUT2D eigenvalue weighted by Gasteiger charge is 2.34. The van der Waals surface area contributed by atoms with Gasteiger partial charge in [0.25, 0.3) is 0 Å². The number of hydrogen-bond donors (Lipinski definition) is 1. The second kappa shape index (κ2) is 2.94. The van der Waals surface area contributed by atoms with E-state index < -0.39 is 0 Å². The molecular formula is C9H15NO. The summed E-state index contributed by atoms with van der Waals surface area (Å²) < 4.78 is 0. The van der Waals surface area contributed by atoms with E-state index in [0.717, 1.165) is 18.6 Å². The van der Waals surface area contributed by atoms with Crippen LogP contribution in [0, 0.1) is 5.92 Å². The van der Waals surface area contributed by atoms with Crippen molar-refractivity contribution < 1.29 is 4.79 Å². The molecule has 1 aliphatic carbocycles. The number of carbonyl (C=O) groups is 1. The third-order valence-electron chi connectivity index (χ3n) is 3.06. The molecule has 1 aliphatic heterocycles. The smallest absolute Gasteiger partial charge is 0.136 e. The standard InChI is InChI=1S/C9H15NO/c11-6-8-5-7-3-1-2-4-9(7)10-8/h6-10H,1-5H2. The molecular weight excluding hydrogens is 138 g/mol. The largest absolute Gasteiger partial charge is 0.305 e. The molecule has 3 atom stereocenters. The van der Waals surface area contributed by atoms with Crippen LogP contribution in [-0.2, 0) is 4.79 Å². The topological polar surface area (TPSA) is 29.1 Å². The van der Waals surface area contributed by atoms with Crippen molar-refractivity contribution in [2.45, 2.75) is 44.2 Å². The minimum absolute atomic E-state index is 0.170. The van der Waals surface area contributed by atoms with Crippen molar-refractivity contribution in [2.75, 3.05) is 0 Å². The lowest BCUT2D eigenvalue weighted by molar-refractivity contribution is -0.109. The quantitative estimate of drug-likeness (QED) is 0.572. The van der Waals surface area contributed by atoms with Gasteiger partial charge in [-0.25, -0.2) is 0 Å². The van der Waals surface area contributed by atoms with Crippen molar-refractivity contribution in [2.24, 2.45) is 5.92 Å². The van der Waals surface area contributed by atoms with E-state index >= 15 is 0 Å². The molecule has 11 heavy (non-hydrogen) atoms. The average Bonchev–Trinajstić information content (AvgIpc) is 2.46. The summed E-state index contributed by atoms with van der Waals surface area (Å²) in [4.78, 5) is 10.5. The van der Waals surface area contributed by atoms with Gasteiger partial charge >= 0.3 is 0 Å². The van der Waals surface area contributed by atoms with Gasteiger partial charge in [-0.3, -0.25) is 0 Å². The molecule has 0 aromatic rings. The maximum absolute atomic E-state index is 10.5. The van der Waals surface area contributed by atoms with Gasteiger partial charge in [-0.2, -0.15) is 0 Å². The Kier molecular flexibility index (Phi) is 1.95. The van der Waals surface area contributed by atoms with Gasteiger partial charge in [0, 0.05) is 6.04 Å². The van der Waals surface area contributed by atoms with Crippen LogP contribution in [-0.4, -0.2) is 18.4 Å². The first kappa shape index (κ1) is 7.29. The third-order valence-corrected chi connectivity index (χ3v) is 3.06. The summed E-state index contributed by atoms with van der Waals surface area (Å²) in [6.07, 6.45) is 7.50. The van der Waals surface area contributed by atoms with Crippen LogP contribution >= 0.6 is 0 Å². The van der Waals surface area contributed by atoms with Gasteiger partial charge in [0.15, 0.2) is 0 Å². The summed E-state index contributed by atoms with van der Waals surface area (Å²) in [5, 5.41) is 3.37. The minimum atomic E-state index is 0.170. The lowest BCUT2D eigenvalue weighted by atomic mass is 9.85. The number of fused-ring (bicyclic) bond motifs is 1. The molecule has 2 fully saturated rings. The van der Waals surface area contributed by atoms with Crippen LogP contribution in [0.25, 0.3) is 0 Å². The predicted octanol–water partition coefficient (Wildman–Crippen LogP) is 1.11. The Morgan fingerprint density at radius 1 is 1.27 bits per heavy atom. The normalized spacial score (nSPS) is 43.5. The lowest BCUT2D eigenvalue weighted by Gasteiger charge is -2.24. The molecule has 2 heteroatoms. The van der Waals surface area contributed by atoms with E-state index in [9.17, 15) is 4.79 Å². The van der Waals surface area contributed by atoms with E-state index in [0.29, 0.717) is 6.04 Å². The van der Waals surface area contributed by atoms with E-state index in [1.165, 1.54) is 25.7 Å². The molecule has 0 aromatic heterocycles. The van der Waals surface area contributed by atoms with E-state index in [-0.39, 0.29) is 6.04 Å². The Bertz CT molecular complexity index is 144. The van der Waals surface area contributed by atoms with Gasteiger partial charge in [0.1, 0.15) is 6.29 Å². The van der Waals surface area contributed by atoms with Gasteiger partial charge in [0.2, 0.25) is 0 Å². The first-order valence-corrected chi connectivity index (χ1v) is 4.61. The number of aldehydes is 1. The number of rotatable bonds is 1. The molecule has 1 saturated carbocycles. The molecule has 62 valence electrons. The Hall–Kier alpha value is -0.370.